The molecule has 0 aliphatic carbocycles. The van der Waals surface area contributed by atoms with Crippen molar-refractivity contribution in [2.75, 3.05) is 6.61 Å². The summed E-state index contributed by atoms with van der Waals surface area (Å²) in [5.41, 5.74) is 4.13. The van der Waals surface area contributed by atoms with Gasteiger partial charge in [0, 0.05) is 6.21 Å². The highest BCUT2D eigenvalue weighted by Crippen LogP contribution is 2.21. The first kappa shape index (κ1) is 14.8. The molecule has 0 amide bonds. The van der Waals surface area contributed by atoms with Gasteiger partial charge >= 0.3 is 5.97 Å². The number of hydrogen-bond donors (Lipinski definition) is 1. The van der Waals surface area contributed by atoms with E-state index in [2.05, 4.69) is 18.0 Å². The van der Waals surface area contributed by atoms with Gasteiger partial charge in [0.25, 0.3) is 0 Å². The molecule has 0 fully saturated rings. The van der Waals surface area contributed by atoms with Crippen molar-refractivity contribution >= 4 is 17.9 Å². The monoisotopic (exact) mass is 283 g/mol. The molecule has 0 unspecified atom stereocenters. The number of aliphatic imine (C=N–C) groups is 1. The van der Waals surface area contributed by atoms with E-state index in [9.17, 15) is 4.79 Å². The van der Waals surface area contributed by atoms with E-state index >= 15 is 0 Å². The second-order valence-electron chi connectivity index (χ2n) is 4.73. The Morgan fingerprint density at radius 3 is 2.76 bits per heavy atom. The normalized spacial score (nSPS) is 10.8. The number of carbonyl (C=O) groups is 1. The van der Waals surface area contributed by atoms with Crippen LogP contribution < -0.4 is 4.74 Å². The first-order valence-corrected chi connectivity index (χ1v) is 6.61. The molecule has 0 heterocycles. The molecule has 0 aliphatic heterocycles. The largest absolute Gasteiger partial charge is 0.482 e. The highest BCUT2D eigenvalue weighted by molar-refractivity contribution is 5.83. The van der Waals surface area contributed by atoms with Crippen LogP contribution in [0.25, 0.3) is 0 Å². The van der Waals surface area contributed by atoms with Crippen LogP contribution >= 0.6 is 0 Å². The maximum absolute atomic E-state index is 10.5. The third kappa shape index (κ3) is 4.18. The summed E-state index contributed by atoms with van der Waals surface area (Å²) in [5.74, 6) is -0.480. The lowest BCUT2D eigenvalue weighted by molar-refractivity contribution is -0.139. The highest BCUT2D eigenvalue weighted by Gasteiger charge is 2.00. The lowest BCUT2D eigenvalue weighted by Crippen LogP contribution is -2.09. The molecule has 0 spiro atoms. The predicted octanol–water partition coefficient (Wildman–Crippen LogP) is 3.52. The molecule has 2 aromatic rings. The van der Waals surface area contributed by atoms with Crippen molar-refractivity contribution in [2.24, 2.45) is 4.99 Å². The van der Waals surface area contributed by atoms with Gasteiger partial charge in [-0.25, -0.2) is 4.79 Å². The van der Waals surface area contributed by atoms with Crippen molar-refractivity contribution in [1.29, 1.82) is 0 Å². The molecule has 0 radical (unpaired) electrons. The molecule has 0 atom stereocenters. The van der Waals surface area contributed by atoms with E-state index < -0.39 is 5.97 Å². The Hall–Kier alpha value is -2.62. The van der Waals surface area contributed by atoms with Crippen molar-refractivity contribution < 1.29 is 14.6 Å². The standard InChI is InChI=1S/C17H17NO3/c1-12-5-3-8-16(13(12)2)18-10-14-6-4-7-15(9-14)21-11-17(19)20/h3-10H,11H2,1-2H3,(H,19,20). The average molecular weight is 283 g/mol. The fourth-order valence-electron chi connectivity index (χ4n) is 1.85. The third-order valence-corrected chi connectivity index (χ3v) is 3.15. The third-order valence-electron chi connectivity index (χ3n) is 3.15. The summed E-state index contributed by atoms with van der Waals surface area (Å²) in [6, 6.07) is 13.2. The molecule has 1 N–H and O–H groups in total. The van der Waals surface area contributed by atoms with Crippen molar-refractivity contribution in [2.45, 2.75) is 13.8 Å². The predicted molar refractivity (Wildman–Crippen MR) is 82.7 cm³/mol. The maximum Gasteiger partial charge on any atom is 0.341 e. The zero-order valence-corrected chi connectivity index (χ0v) is 12.0. The summed E-state index contributed by atoms with van der Waals surface area (Å²) in [7, 11) is 0. The van der Waals surface area contributed by atoms with Crippen LogP contribution in [-0.2, 0) is 4.79 Å². The second kappa shape index (κ2) is 6.70. The number of aryl methyl sites for hydroxylation is 1. The fourth-order valence-corrected chi connectivity index (χ4v) is 1.85. The van der Waals surface area contributed by atoms with Crippen LogP contribution in [0.1, 0.15) is 16.7 Å². The lowest BCUT2D eigenvalue weighted by Gasteiger charge is -2.05. The Morgan fingerprint density at radius 1 is 1.24 bits per heavy atom. The fraction of sp³-hybridized carbons (Fsp3) is 0.176. The van der Waals surface area contributed by atoms with Crippen LogP contribution in [0.5, 0.6) is 5.75 Å². The number of nitrogens with zero attached hydrogens (tertiary/aromatic N) is 1. The molecule has 0 aliphatic rings. The number of carboxylic acids is 1. The van der Waals surface area contributed by atoms with E-state index in [1.54, 1.807) is 18.3 Å². The van der Waals surface area contributed by atoms with E-state index in [1.807, 2.05) is 31.2 Å². The SMILES string of the molecule is Cc1cccc(N=Cc2cccc(OCC(=O)O)c2)c1C. The molecule has 4 nitrogen and oxygen atoms in total. The average Bonchev–Trinajstić information content (AvgIpc) is 2.47. The number of aliphatic carboxylic acids is 1. The summed E-state index contributed by atoms with van der Waals surface area (Å²) in [6.45, 7) is 3.74. The number of ether oxygens (including phenoxy) is 1. The summed E-state index contributed by atoms with van der Waals surface area (Å²) >= 11 is 0. The number of hydrogen-bond acceptors (Lipinski definition) is 3. The van der Waals surface area contributed by atoms with Gasteiger partial charge in [0.05, 0.1) is 5.69 Å². The van der Waals surface area contributed by atoms with Crippen LogP contribution in [0.3, 0.4) is 0 Å². The summed E-state index contributed by atoms with van der Waals surface area (Å²) in [5, 5.41) is 8.60. The Balaban J connectivity index is 2.15. The zero-order valence-electron chi connectivity index (χ0n) is 12.0. The Labute approximate surface area is 123 Å². The smallest absolute Gasteiger partial charge is 0.341 e. The van der Waals surface area contributed by atoms with Gasteiger partial charge < -0.3 is 9.84 Å². The lowest BCUT2D eigenvalue weighted by atomic mass is 10.1. The van der Waals surface area contributed by atoms with E-state index in [1.165, 1.54) is 5.56 Å². The number of rotatable bonds is 5. The van der Waals surface area contributed by atoms with Gasteiger partial charge in [-0.15, -0.1) is 0 Å². The summed E-state index contributed by atoms with van der Waals surface area (Å²) < 4.78 is 5.14. The van der Waals surface area contributed by atoms with Gasteiger partial charge in [-0.3, -0.25) is 4.99 Å². The van der Waals surface area contributed by atoms with Crippen LogP contribution in [0.2, 0.25) is 0 Å². The van der Waals surface area contributed by atoms with Crippen LogP contribution in [-0.4, -0.2) is 23.9 Å². The molecule has 0 bridgehead atoms. The summed E-state index contributed by atoms with van der Waals surface area (Å²) in [4.78, 5) is 15.0. The van der Waals surface area contributed by atoms with Gasteiger partial charge in [-0.2, -0.15) is 0 Å². The molecule has 0 saturated carbocycles. The van der Waals surface area contributed by atoms with Gasteiger partial charge in [-0.1, -0.05) is 24.3 Å². The number of benzene rings is 2. The minimum atomic E-state index is -0.996. The molecule has 2 aromatic carbocycles. The Morgan fingerprint density at radius 2 is 2.00 bits per heavy atom. The van der Waals surface area contributed by atoms with E-state index in [0.29, 0.717) is 5.75 Å². The number of carboxylic acid groups (broad SMARTS) is 1. The van der Waals surface area contributed by atoms with Crippen molar-refractivity contribution in [3.05, 3.63) is 59.2 Å². The topological polar surface area (TPSA) is 58.9 Å². The molecular weight excluding hydrogens is 266 g/mol. The quantitative estimate of drug-likeness (QED) is 0.854. The van der Waals surface area contributed by atoms with Crippen molar-refractivity contribution in [3.8, 4) is 5.75 Å². The Kier molecular flexibility index (Phi) is 4.72. The zero-order chi connectivity index (χ0) is 15.2. The van der Waals surface area contributed by atoms with Crippen molar-refractivity contribution in [1.82, 2.24) is 0 Å². The molecule has 0 aromatic heterocycles. The first-order chi connectivity index (χ1) is 10.1. The van der Waals surface area contributed by atoms with E-state index in [0.717, 1.165) is 16.8 Å². The van der Waals surface area contributed by atoms with Crippen molar-refractivity contribution in [3.63, 3.8) is 0 Å². The molecule has 2 rings (SSSR count). The van der Waals surface area contributed by atoms with Gasteiger partial charge in [0.2, 0.25) is 0 Å². The molecular formula is C17H17NO3. The Bertz CT molecular complexity index is 677. The van der Waals surface area contributed by atoms with E-state index in [4.69, 9.17) is 9.84 Å². The van der Waals surface area contributed by atoms with Crippen LogP contribution in [0.4, 0.5) is 5.69 Å². The highest BCUT2D eigenvalue weighted by atomic mass is 16.5. The van der Waals surface area contributed by atoms with Crippen LogP contribution in [0.15, 0.2) is 47.5 Å². The molecule has 108 valence electrons. The summed E-state index contributed by atoms with van der Waals surface area (Å²) in [6.07, 6.45) is 1.75. The van der Waals surface area contributed by atoms with E-state index in [-0.39, 0.29) is 6.61 Å². The van der Waals surface area contributed by atoms with Crippen LogP contribution in [0, 0.1) is 13.8 Å². The van der Waals surface area contributed by atoms with Gasteiger partial charge in [0.15, 0.2) is 6.61 Å². The maximum atomic E-state index is 10.5. The first-order valence-electron chi connectivity index (χ1n) is 6.61. The molecule has 21 heavy (non-hydrogen) atoms. The van der Waals surface area contributed by atoms with Gasteiger partial charge in [0.1, 0.15) is 5.75 Å². The minimum absolute atomic E-state index is 0.350. The second-order valence-corrected chi connectivity index (χ2v) is 4.73. The molecule has 4 heteroatoms. The molecule has 0 saturated heterocycles. The minimum Gasteiger partial charge on any atom is -0.482 e. The van der Waals surface area contributed by atoms with Gasteiger partial charge in [-0.05, 0) is 48.7 Å².